The second-order valence-electron chi connectivity index (χ2n) is 4.18. The van der Waals surface area contributed by atoms with Crippen molar-refractivity contribution in [2.75, 3.05) is 5.73 Å². The molecule has 2 heterocycles. The van der Waals surface area contributed by atoms with Crippen molar-refractivity contribution in [2.24, 2.45) is 7.05 Å². The fourth-order valence-corrected chi connectivity index (χ4v) is 2.03. The molecule has 0 amide bonds. The first kappa shape index (κ1) is 11.7. The molecular formula is C12H10ClN5O. The van der Waals surface area contributed by atoms with Crippen LogP contribution in [0.2, 0.25) is 5.02 Å². The Morgan fingerprint density at radius 1 is 1.37 bits per heavy atom. The van der Waals surface area contributed by atoms with Gasteiger partial charge in [-0.3, -0.25) is 9.48 Å². The Morgan fingerprint density at radius 2 is 2.16 bits per heavy atom. The maximum absolute atomic E-state index is 12.0. The number of halogens is 1. The molecule has 0 saturated heterocycles. The van der Waals surface area contributed by atoms with E-state index in [4.69, 9.17) is 17.3 Å². The molecule has 6 nitrogen and oxygen atoms in total. The summed E-state index contributed by atoms with van der Waals surface area (Å²) in [5.74, 6) is 0. The predicted octanol–water partition coefficient (Wildman–Crippen LogP) is 1.35. The standard InChI is InChI=1S/C12H10ClN5O/c1-17-6-7-4-8(2-3-10(7)16-17)18-12(19)11(13)9(14)5-15-18/h2-6H,14H2,1H3. The van der Waals surface area contributed by atoms with E-state index in [1.165, 1.54) is 10.9 Å². The van der Waals surface area contributed by atoms with Gasteiger partial charge in [-0.2, -0.15) is 14.9 Å². The van der Waals surface area contributed by atoms with Gasteiger partial charge in [-0.25, -0.2) is 0 Å². The van der Waals surface area contributed by atoms with Crippen molar-refractivity contribution in [3.8, 4) is 5.69 Å². The zero-order chi connectivity index (χ0) is 13.6. The molecule has 0 aliphatic carbocycles. The van der Waals surface area contributed by atoms with E-state index >= 15 is 0 Å². The molecule has 2 aromatic heterocycles. The molecule has 1 aromatic carbocycles. The molecule has 0 saturated carbocycles. The molecule has 7 heteroatoms. The molecule has 0 bridgehead atoms. The maximum Gasteiger partial charge on any atom is 0.292 e. The molecular weight excluding hydrogens is 266 g/mol. The lowest BCUT2D eigenvalue weighted by molar-refractivity contribution is 0.780. The van der Waals surface area contributed by atoms with Gasteiger partial charge >= 0.3 is 0 Å². The molecule has 0 aliphatic rings. The van der Waals surface area contributed by atoms with Crippen molar-refractivity contribution in [1.29, 1.82) is 0 Å². The van der Waals surface area contributed by atoms with E-state index in [0.717, 1.165) is 10.9 Å². The van der Waals surface area contributed by atoms with Gasteiger partial charge in [0, 0.05) is 18.6 Å². The van der Waals surface area contributed by atoms with Crippen LogP contribution in [-0.4, -0.2) is 19.6 Å². The van der Waals surface area contributed by atoms with Gasteiger partial charge < -0.3 is 5.73 Å². The van der Waals surface area contributed by atoms with Gasteiger partial charge in [0.05, 0.1) is 23.1 Å². The Morgan fingerprint density at radius 3 is 2.95 bits per heavy atom. The molecule has 0 aliphatic heterocycles. The number of benzene rings is 1. The van der Waals surface area contributed by atoms with Gasteiger partial charge in [0.15, 0.2) is 0 Å². The quantitative estimate of drug-likeness (QED) is 0.727. The van der Waals surface area contributed by atoms with E-state index in [1.807, 2.05) is 25.4 Å². The van der Waals surface area contributed by atoms with E-state index in [0.29, 0.717) is 5.69 Å². The highest BCUT2D eigenvalue weighted by Crippen LogP contribution is 2.17. The summed E-state index contributed by atoms with van der Waals surface area (Å²) in [5, 5.41) is 9.15. The molecule has 3 aromatic rings. The van der Waals surface area contributed by atoms with Crippen LogP contribution in [0.3, 0.4) is 0 Å². The number of nitrogens with two attached hydrogens (primary N) is 1. The number of nitrogen functional groups attached to an aromatic ring is 1. The summed E-state index contributed by atoms with van der Waals surface area (Å²) in [5.41, 5.74) is 6.74. The number of aromatic nitrogens is 4. The van der Waals surface area contributed by atoms with E-state index in [9.17, 15) is 4.79 Å². The summed E-state index contributed by atoms with van der Waals surface area (Å²) in [6, 6.07) is 5.41. The Hall–Kier alpha value is -2.34. The Bertz CT molecular complexity index is 836. The lowest BCUT2D eigenvalue weighted by atomic mass is 10.2. The van der Waals surface area contributed by atoms with E-state index in [1.54, 1.807) is 10.7 Å². The zero-order valence-electron chi connectivity index (χ0n) is 10.0. The fraction of sp³-hybridized carbons (Fsp3) is 0.0833. The lowest BCUT2D eigenvalue weighted by Gasteiger charge is -2.05. The lowest BCUT2D eigenvalue weighted by Crippen LogP contribution is -2.22. The Kier molecular flexibility index (Phi) is 2.53. The summed E-state index contributed by atoms with van der Waals surface area (Å²) < 4.78 is 2.92. The van der Waals surface area contributed by atoms with Gasteiger partial charge in [-0.05, 0) is 18.2 Å². The molecule has 0 atom stereocenters. The van der Waals surface area contributed by atoms with Crippen LogP contribution in [0.4, 0.5) is 5.69 Å². The van der Waals surface area contributed by atoms with Crippen LogP contribution in [0, 0.1) is 0 Å². The van der Waals surface area contributed by atoms with Crippen LogP contribution in [0.25, 0.3) is 16.6 Å². The van der Waals surface area contributed by atoms with Gasteiger partial charge in [0.25, 0.3) is 5.56 Å². The molecule has 0 fully saturated rings. The third-order valence-corrected chi connectivity index (χ3v) is 3.17. The van der Waals surface area contributed by atoms with Gasteiger partial charge in [-0.1, -0.05) is 11.6 Å². The molecule has 0 spiro atoms. The maximum atomic E-state index is 12.0. The first-order valence-electron chi connectivity index (χ1n) is 5.53. The van der Waals surface area contributed by atoms with Crippen molar-refractivity contribution in [3.05, 3.63) is 46.0 Å². The van der Waals surface area contributed by atoms with Crippen LogP contribution in [0.5, 0.6) is 0 Å². The number of hydrogen-bond acceptors (Lipinski definition) is 4. The van der Waals surface area contributed by atoms with E-state index in [-0.39, 0.29) is 10.7 Å². The third kappa shape index (κ3) is 1.86. The molecule has 2 N–H and O–H groups in total. The molecule has 96 valence electrons. The summed E-state index contributed by atoms with van der Waals surface area (Å²) >= 11 is 5.84. The van der Waals surface area contributed by atoms with Gasteiger partial charge in [-0.15, -0.1) is 0 Å². The average molecular weight is 276 g/mol. The average Bonchev–Trinajstić information content (AvgIpc) is 2.75. The zero-order valence-corrected chi connectivity index (χ0v) is 10.8. The van der Waals surface area contributed by atoms with Crippen molar-refractivity contribution >= 4 is 28.2 Å². The number of hydrogen-bond donors (Lipinski definition) is 1. The van der Waals surface area contributed by atoms with Crippen LogP contribution >= 0.6 is 11.6 Å². The molecule has 19 heavy (non-hydrogen) atoms. The van der Waals surface area contributed by atoms with Crippen molar-refractivity contribution in [1.82, 2.24) is 19.6 Å². The van der Waals surface area contributed by atoms with Crippen molar-refractivity contribution in [3.63, 3.8) is 0 Å². The van der Waals surface area contributed by atoms with Crippen LogP contribution in [0.1, 0.15) is 0 Å². The summed E-state index contributed by atoms with van der Waals surface area (Å²) in [7, 11) is 1.84. The predicted molar refractivity (Wildman–Crippen MR) is 73.5 cm³/mol. The highest BCUT2D eigenvalue weighted by Gasteiger charge is 2.09. The summed E-state index contributed by atoms with van der Waals surface area (Å²) in [4.78, 5) is 12.0. The molecule has 0 radical (unpaired) electrons. The SMILES string of the molecule is Cn1cc2cc(-n3ncc(N)c(Cl)c3=O)ccc2n1. The van der Waals surface area contributed by atoms with E-state index in [2.05, 4.69) is 10.2 Å². The van der Waals surface area contributed by atoms with Gasteiger partial charge in [0.2, 0.25) is 0 Å². The minimum Gasteiger partial charge on any atom is -0.396 e. The van der Waals surface area contributed by atoms with Crippen LogP contribution < -0.4 is 11.3 Å². The van der Waals surface area contributed by atoms with Crippen LogP contribution in [0.15, 0.2) is 35.4 Å². The monoisotopic (exact) mass is 275 g/mol. The third-order valence-electron chi connectivity index (χ3n) is 2.79. The minimum atomic E-state index is -0.440. The van der Waals surface area contributed by atoms with Crippen molar-refractivity contribution < 1.29 is 0 Å². The number of rotatable bonds is 1. The first-order valence-corrected chi connectivity index (χ1v) is 5.91. The largest absolute Gasteiger partial charge is 0.396 e. The highest BCUT2D eigenvalue weighted by molar-refractivity contribution is 6.32. The van der Waals surface area contributed by atoms with Crippen LogP contribution in [-0.2, 0) is 7.05 Å². The second-order valence-corrected chi connectivity index (χ2v) is 4.55. The number of fused-ring (bicyclic) bond motifs is 1. The normalized spacial score (nSPS) is 11.1. The van der Waals surface area contributed by atoms with Crippen molar-refractivity contribution in [2.45, 2.75) is 0 Å². The molecule has 0 unspecified atom stereocenters. The van der Waals surface area contributed by atoms with E-state index < -0.39 is 5.56 Å². The minimum absolute atomic E-state index is 0.0266. The smallest absolute Gasteiger partial charge is 0.292 e. The topological polar surface area (TPSA) is 78.7 Å². The Labute approximate surface area is 113 Å². The summed E-state index contributed by atoms with van der Waals surface area (Å²) in [6.45, 7) is 0. The fourth-order valence-electron chi connectivity index (χ4n) is 1.90. The Balaban J connectivity index is 2.24. The summed E-state index contributed by atoms with van der Waals surface area (Å²) in [6.07, 6.45) is 3.22. The first-order chi connectivity index (χ1) is 9.06. The number of anilines is 1. The second kappa shape index (κ2) is 4.10. The number of nitrogens with zero attached hydrogens (tertiary/aromatic N) is 4. The molecule has 3 rings (SSSR count). The van der Waals surface area contributed by atoms with Gasteiger partial charge in [0.1, 0.15) is 5.02 Å². The number of aryl methyl sites for hydroxylation is 1. The highest BCUT2D eigenvalue weighted by atomic mass is 35.5.